The highest BCUT2D eigenvalue weighted by Crippen LogP contribution is 2.36. The quantitative estimate of drug-likeness (QED) is 0.250. The van der Waals surface area contributed by atoms with Gasteiger partial charge in [-0.05, 0) is 58.7 Å². The van der Waals surface area contributed by atoms with Gasteiger partial charge in [-0.3, -0.25) is 19.7 Å². The molecule has 0 bridgehead atoms. The first kappa shape index (κ1) is 20.5. The fourth-order valence-corrected chi connectivity index (χ4v) is 3.85. The monoisotopic (exact) mass is 483 g/mol. The van der Waals surface area contributed by atoms with E-state index >= 15 is 0 Å². The van der Waals surface area contributed by atoms with Crippen LogP contribution >= 0.6 is 15.9 Å². The number of amides is 2. The molecule has 0 saturated heterocycles. The zero-order chi connectivity index (χ0) is 22.3. The first-order valence-electron chi connectivity index (χ1n) is 9.11. The van der Waals surface area contributed by atoms with Crippen molar-refractivity contribution in [3.8, 4) is 11.5 Å². The molecule has 0 aliphatic carbocycles. The van der Waals surface area contributed by atoms with Crippen molar-refractivity contribution in [3.05, 3.63) is 73.7 Å². The average Bonchev–Trinajstić information content (AvgIpc) is 2.74. The number of hydrogen-bond acceptors (Lipinski definition) is 7. The van der Waals surface area contributed by atoms with Crippen molar-refractivity contribution < 1.29 is 24.4 Å². The van der Waals surface area contributed by atoms with Gasteiger partial charge < -0.3 is 9.84 Å². The van der Waals surface area contributed by atoms with Gasteiger partial charge in [0.25, 0.3) is 17.5 Å². The average molecular weight is 484 g/mol. The van der Waals surface area contributed by atoms with Crippen LogP contribution in [0.1, 0.15) is 33.2 Å². The summed E-state index contributed by atoms with van der Waals surface area (Å²) < 4.78 is 5.72. The van der Waals surface area contributed by atoms with Gasteiger partial charge in [-0.25, -0.2) is 0 Å². The molecule has 0 fully saturated rings. The van der Waals surface area contributed by atoms with Gasteiger partial charge in [0.15, 0.2) is 11.5 Å². The predicted octanol–water partition coefficient (Wildman–Crippen LogP) is 4.24. The number of aromatic hydroxyl groups is 1. The molecule has 10 heteroatoms. The third kappa shape index (κ3) is 3.40. The largest absolute Gasteiger partial charge is 0.503 e. The number of non-ortho nitro benzene ring substituents is 1. The molecule has 1 aliphatic rings. The Labute approximate surface area is 183 Å². The molecule has 3 aromatic carbocycles. The molecule has 0 aromatic heterocycles. The second-order valence-corrected chi connectivity index (χ2v) is 7.42. The van der Waals surface area contributed by atoms with E-state index < -0.39 is 16.7 Å². The molecule has 0 saturated carbocycles. The molecule has 3 aromatic rings. The Morgan fingerprint density at radius 1 is 1.19 bits per heavy atom. The molecule has 2 amide bonds. The summed E-state index contributed by atoms with van der Waals surface area (Å²) in [7, 11) is 0. The minimum absolute atomic E-state index is 0.0775. The number of phenolic OH excluding ortho intramolecular Hbond substituents is 1. The number of hydrogen-bond donors (Lipinski definition) is 1. The lowest BCUT2D eigenvalue weighted by Crippen LogP contribution is -2.36. The summed E-state index contributed by atoms with van der Waals surface area (Å²) in [4.78, 5) is 36.7. The Morgan fingerprint density at radius 3 is 2.58 bits per heavy atom. The summed E-state index contributed by atoms with van der Waals surface area (Å²) in [6.07, 6.45) is 1.29. The van der Waals surface area contributed by atoms with Crippen molar-refractivity contribution >= 4 is 50.4 Å². The van der Waals surface area contributed by atoms with E-state index in [-0.39, 0.29) is 39.1 Å². The summed E-state index contributed by atoms with van der Waals surface area (Å²) >= 11 is 3.22. The molecule has 1 N–H and O–H groups in total. The summed E-state index contributed by atoms with van der Waals surface area (Å²) in [6, 6.07) is 10.2. The van der Waals surface area contributed by atoms with E-state index in [1.807, 2.05) is 0 Å². The lowest BCUT2D eigenvalue weighted by Gasteiger charge is -2.23. The molecule has 0 radical (unpaired) electrons. The summed E-state index contributed by atoms with van der Waals surface area (Å²) in [5.41, 5.74) is 0.585. The Balaban J connectivity index is 1.77. The Morgan fingerprint density at radius 2 is 1.90 bits per heavy atom. The maximum absolute atomic E-state index is 13.0. The minimum Gasteiger partial charge on any atom is -0.503 e. The van der Waals surface area contributed by atoms with Crippen molar-refractivity contribution in [2.24, 2.45) is 5.10 Å². The van der Waals surface area contributed by atoms with Crippen LogP contribution in [0.15, 0.2) is 52.0 Å². The van der Waals surface area contributed by atoms with Crippen LogP contribution in [0.5, 0.6) is 11.5 Å². The summed E-state index contributed by atoms with van der Waals surface area (Å²) in [6.45, 7) is 2.10. The molecule has 0 atom stereocenters. The van der Waals surface area contributed by atoms with Crippen LogP contribution in [-0.4, -0.2) is 39.7 Å². The summed E-state index contributed by atoms with van der Waals surface area (Å²) in [5, 5.41) is 26.6. The van der Waals surface area contributed by atoms with Crippen LogP contribution in [0.4, 0.5) is 5.69 Å². The summed E-state index contributed by atoms with van der Waals surface area (Å²) in [5.74, 6) is -1.24. The van der Waals surface area contributed by atoms with E-state index in [0.717, 1.165) is 0 Å². The Hall–Kier alpha value is -3.79. The first-order chi connectivity index (χ1) is 14.8. The molecular formula is C21H14BrN3O6. The molecule has 1 aliphatic heterocycles. The lowest BCUT2D eigenvalue weighted by molar-refractivity contribution is -0.383. The van der Waals surface area contributed by atoms with Crippen molar-refractivity contribution in [3.63, 3.8) is 0 Å². The normalized spacial score (nSPS) is 13.3. The van der Waals surface area contributed by atoms with Crippen molar-refractivity contribution in [1.82, 2.24) is 5.01 Å². The van der Waals surface area contributed by atoms with Gasteiger partial charge in [-0.2, -0.15) is 10.1 Å². The van der Waals surface area contributed by atoms with Crippen molar-refractivity contribution in [2.75, 3.05) is 6.61 Å². The molecule has 9 nitrogen and oxygen atoms in total. The zero-order valence-corrected chi connectivity index (χ0v) is 17.6. The third-order valence-electron chi connectivity index (χ3n) is 4.73. The second-order valence-electron chi connectivity index (χ2n) is 6.57. The molecule has 0 unspecified atom stereocenters. The van der Waals surface area contributed by atoms with Gasteiger partial charge in [-0.1, -0.05) is 6.07 Å². The van der Waals surface area contributed by atoms with Crippen molar-refractivity contribution in [1.29, 1.82) is 0 Å². The lowest BCUT2D eigenvalue weighted by atomic mass is 9.94. The Kier molecular flexibility index (Phi) is 5.15. The van der Waals surface area contributed by atoms with Crippen LogP contribution in [-0.2, 0) is 0 Å². The van der Waals surface area contributed by atoms with E-state index in [1.54, 1.807) is 13.0 Å². The van der Waals surface area contributed by atoms with E-state index in [1.165, 1.54) is 42.6 Å². The van der Waals surface area contributed by atoms with E-state index in [2.05, 4.69) is 21.0 Å². The number of nitro groups is 1. The zero-order valence-electron chi connectivity index (χ0n) is 16.0. The van der Waals surface area contributed by atoms with Crippen LogP contribution in [0.2, 0.25) is 0 Å². The number of carbonyl (C=O) groups excluding carboxylic acids is 2. The number of phenols is 1. The number of ether oxygens (including phenoxy) is 1. The molecule has 156 valence electrons. The highest BCUT2D eigenvalue weighted by Gasteiger charge is 2.34. The smallest absolute Gasteiger partial charge is 0.282 e. The number of carbonyl (C=O) groups is 2. The van der Waals surface area contributed by atoms with Crippen LogP contribution in [0.3, 0.4) is 0 Å². The molecular weight excluding hydrogens is 470 g/mol. The number of hydrazone groups is 1. The third-order valence-corrected chi connectivity index (χ3v) is 5.34. The van der Waals surface area contributed by atoms with Gasteiger partial charge in [0.2, 0.25) is 0 Å². The number of nitrogens with zero attached hydrogens (tertiary/aromatic N) is 3. The predicted molar refractivity (Wildman–Crippen MR) is 116 cm³/mol. The number of benzene rings is 3. The molecule has 1 heterocycles. The van der Waals surface area contributed by atoms with Crippen LogP contribution in [0.25, 0.3) is 10.8 Å². The maximum Gasteiger partial charge on any atom is 0.282 e. The molecule has 4 rings (SSSR count). The number of halogens is 1. The van der Waals surface area contributed by atoms with Crippen LogP contribution in [0, 0.1) is 10.1 Å². The SMILES string of the molecule is CCOc1cc(/C=N/N2C(=O)c3cccc4c([N+](=O)[O-])ccc(c34)C2=O)cc(Br)c1O. The number of rotatable bonds is 5. The maximum atomic E-state index is 13.0. The standard InChI is InChI=1S/C21H14BrN3O6/c1-2-31-17-9-11(8-15(22)19(17)26)10-23-24-20(27)13-5-3-4-12-16(25(29)30)7-6-14(18(12)13)21(24)28/h3-10,26H,2H2,1H3/b23-10+. The van der Waals surface area contributed by atoms with Crippen molar-refractivity contribution in [2.45, 2.75) is 6.92 Å². The Bertz CT molecular complexity index is 1280. The number of nitro benzene ring substituents is 1. The second kappa shape index (κ2) is 7.80. The van der Waals surface area contributed by atoms with E-state index in [4.69, 9.17) is 4.74 Å². The van der Waals surface area contributed by atoms with Crippen LogP contribution < -0.4 is 4.74 Å². The van der Waals surface area contributed by atoms with E-state index in [0.29, 0.717) is 21.7 Å². The molecule has 31 heavy (non-hydrogen) atoms. The fourth-order valence-electron chi connectivity index (χ4n) is 3.39. The van der Waals surface area contributed by atoms with Gasteiger partial charge >= 0.3 is 0 Å². The van der Waals surface area contributed by atoms with Gasteiger partial charge in [-0.15, -0.1) is 0 Å². The van der Waals surface area contributed by atoms with E-state index in [9.17, 15) is 24.8 Å². The molecule has 0 spiro atoms. The van der Waals surface area contributed by atoms with Gasteiger partial charge in [0, 0.05) is 11.5 Å². The highest BCUT2D eigenvalue weighted by atomic mass is 79.9. The number of imide groups is 1. The van der Waals surface area contributed by atoms with Gasteiger partial charge in [0.05, 0.1) is 38.7 Å². The van der Waals surface area contributed by atoms with Gasteiger partial charge in [0.1, 0.15) is 0 Å². The highest BCUT2D eigenvalue weighted by molar-refractivity contribution is 9.10. The fraction of sp³-hybridized carbons (Fsp3) is 0.0952. The first-order valence-corrected chi connectivity index (χ1v) is 9.91. The minimum atomic E-state index is -0.692. The topological polar surface area (TPSA) is 122 Å².